The molecule has 0 aromatic heterocycles. The lowest BCUT2D eigenvalue weighted by Gasteiger charge is -2.23. The number of carbonyl (C=O) groups is 1. The summed E-state index contributed by atoms with van der Waals surface area (Å²) in [6, 6.07) is 5.46. The Bertz CT molecular complexity index is 490. The summed E-state index contributed by atoms with van der Waals surface area (Å²) >= 11 is 5.74. The molecular weight excluding hydrogens is 286 g/mol. The molecule has 0 aliphatic carbocycles. The van der Waals surface area contributed by atoms with Gasteiger partial charge in [0.25, 0.3) is 0 Å². The van der Waals surface area contributed by atoms with Crippen molar-refractivity contribution in [1.29, 1.82) is 0 Å². The quantitative estimate of drug-likeness (QED) is 0.611. The van der Waals surface area contributed by atoms with Gasteiger partial charge in [0, 0.05) is 20.2 Å². The van der Waals surface area contributed by atoms with Crippen LogP contribution >= 0.6 is 11.6 Å². The van der Waals surface area contributed by atoms with E-state index in [9.17, 15) is 9.00 Å². The number of hydrogen-bond acceptors (Lipinski definition) is 3. The molecule has 0 bridgehead atoms. The van der Waals surface area contributed by atoms with Crippen LogP contribution in [0.4, 0.5) is 0 Å². The molecule has 1 atom stereocenters. The van der Waals surface area contributed by atoms with E-state index in [0.717, 1.165) is 0 Å². The Morgan fingerprint density at radius 2 is 1.89 bits per heavy atom. The summed E-state index contributed by atoms with van der Waals surface area (Å²) in [5.74, 6) is -0.233. The predicted octanol–water partition coefficient (Wildman–Crippen LogP) is 0.994. The molecule has 0 fully saturated rings. The maximum atomic E-state index is 12.3. The molecule has 0 unspecified atom stereocenters. The fraction of sp³-hybridized carbons (Fsp3) is 0.417. The zero-order chi connectivity index (χ0) is 14.6. The summed E-state index contributed by atoms with van der Waals surface area (Å²) in [4.78, 5) is 12.2. The summed E-state index contributed by atoms with van der Waals surface area (Å²) in [6.07, 6.45) is 0.506. The topological polar surface area (TPSA) is 98.2 Å². The first-order chi connectivity index (χ1) is 8.72. The van der Waals surface area contributed by atoms with Gasteiger partial charge in [0.1, 0.15) is 0 Å². The zero-order valence-electron chi connectivity index (χ0n) is 11.0. The van der Waals surface area contributed by atoms with Crippen LogP contribution in [-0.4, -0.2) is 16.2 Å². The van der Waals surface area contributed by atoms with Crippen molar-refractivity contribution < 1.29 is 9.00 Å². The Kier molecular flexibility index (Phi) is 5.49. The Balaban J connectivity index is 2.77. The van der Waals surface area contributed by atoms with Crippen LogP contribution in [0.2, 0.25) is 5.02 Å². The fourth-order valence-electron chi connectivity index (χ4n) is 1.59. The van der Waals surface area contributed by atoms with E-state index in [4.69, 9.17) is 22.5 Å². The third-order valence-corrected chi connectivity index (χ3v) is 4.42. The van der Waals surface area contributed by atoms with Crippen LogP contribution in [0.3, 0.4) is 0 Å². The van der Waals surface area contributed by atoms with E-state index in [1.807, 2.05) is 13.8 Å². The van der Waals surface area contributed by atoms with Gasteiger partial charge in [0.05, 0.1) is 6.04 Å². The van der Waals surface area contributed by atoms with Gasteiger partial charge in [0.2, 0.25) is 5.91 Å². The van der Waals surface area contributed by atoms with Gasteiger partial charge in [0.15, 0.2) is 0 Å². The number of halogens is 1. The Hall–Kier alpha value is -0.950. The van der Waals surface area contributed by atoms with E-state index in [1.54, 1.807) is 12.1 Å². The first-order valence-electron chi connectivity index (χ1n) is 5.95. The van der Waals surface area contributed by atoms with Crippen molar-refractivity contribution in [2.24, 2.45) is 16.8 Å². The fourth-order valence-corrected chi connectivity index (χ4v) is 2.93. The zero-order valence-corrected chi connectivity index (χ0v) is 12.6. The van der Waals surface area contributed by atoms with Gasteiger partial charge in [-0.2, -0.15) is 0 Å². The lowest BCUT2D eigenvalue weighted by atomic mass is 10.0. The molecule has 0 aliphatic heterocycles. The summed E-state index contributed by atoms with van der Waals surface area (Å²) in [5.41, 5.74) is 5.72. The molecule has 0 spiro atoms. The molecule has 7 heteroatoms. The van der Waals surface area contributed by atoms with Gasteiger partial charge >= 0.3 is 0 Å². The molecule has 1 amide bonds. The smallest absolute Gasteiger partial charge is 0.248 e. The number of benzene rings is 1. The van der Waals surface area contributed by atoms with E-state index in [0.29, 0.717) is 16.3 Å². The lowest BCUT2D eigenvalue weighted by Crippen LogP contribution is -2.50. The number of carbonyl (C=O) groups excluding carboxylic acids is 1. The van der Waals surface area contributed by atoms with Crippen molar-refractivity contribution in [2.45, 2.75) is 31.2 Å². The number of nitrogens with one attached hydrogen (secondary N) is 1. The van der Waals surface area contributed by atoms with Crippen LogP contribution in [0.5, 0.6) is 0 Å². The number of hydrogen-bond donors (Lipinski definition) is 4. The highest BCUT2D eigenvalue weighted by atomic mass is 35.5. The molecule has 0 saturated heterocycles. The summed E-state index contributed by atoms with van der Waals surface area (Å²) in [7, 11) is -3.46. The standard InChI is InChI=1S/C12H20ClN3O2S/c1-8(2)7-11(14)12(17)16-19(15,18)10-5-3-9(13)4-6-10/h3-6,8,11,19H,7,14H2,1-2H3,(H3,15,16,17,18)/t11-/m0/s1. The van der Waals surface area contributed by atoms with Crippen molar-refractivity contribution in [3.05, 3.63) is 29.3 Å². The van der Waals surface area contributed by atoms with Crippen LogP contribution in [0.25, 0.3) is 0 Å². The van der Waals surface area contributed by atoms with Crippen molar-refractivity contribution in [2.75, 3.05) is 0 Å². The highest BCUT2D eigenvalue weighted by Crippen LogP contribution is 2.15. The minimum Gasteiger partial charge on any atom is -0.320 e. The highest BCUT2D eigenvalue weighted by molar-refractivity contribution is 7.99. The third-order valence-electron chi connectivity index (χ3n) is 2.55. The SMILES string of the molecule is CC(C)C[C@H](N)C(=O)N[SH](N)(=O)c1ccc(Cl)cc1. The van der Waals surface area contributed by atoms with Crippen molar-refractivity contribution in [3.63, 3.8) is 0 Å². The minimum absolute atomic E-state index is 0.272. The van der Waals surface area contributed by atoms with E-state index < -0.39 is 22.3 Å². The second kappa shape index (κ2) is 6.47. The second-order valence-electron chi connectivity index (χ2n) is 4.85. The van der Waals surface area contributed by atoms with Crippen LogP contribution in [0, 0.1) is 5.92 Å². The van der Waals surface area contributed by atoms with E-state index >= 15 is 0 Å². The van der Waals surface area contributed by atoms with Crippen LogP contribution in [0.1, 0.15) is 20.3 Å². The van der Waals surface area contributed by atoms with E-state index in [-0.39, 0.29) is 5.92 Å². The molecule has 1 rings (SSSR count). The molecular formula is C12H20ClN3O2S. The average Bonchev–Trinajstić information content (AvgIpc) is 2.27. The molecule has 0 radical (unpaired) electrons. The average molecular weight is 306 g/mol. The number of rotatable bonds is 5. The third kappa shape index (κ3) is 4.91. The number of thiol groups is 1. The monoisotopic (exact) mass is 305 g/mol. The summed E-state index contributed by atoms with van der Waals surface area (Å²) in [5, 5.41) is 6.19. The van der Waals surface area contributed by atoms with Crippen molar-refractivity contribution in [3.8, 4) is 0 Å². The number of nitrogens with two attached hydrogens (primary N) is 2. The molecule has 0 heterocycles. The molecule has 1 aromatic carbocycles. The van der Waals surface area contributed by atoms with E-state index in [1.165, 1.54) is 12.1 Å². The highest BCUT2D eigenvalue weighted by Gasteiger charge is 2.20. The van der Waals surface area contributed by atoms with E-state index in [2.05, 4.69) is 4.72 Å². The summed E-state index contributed by atoms with van der Waals surface area (Å²) < 4.78 is 14.6. The van der Waals surface area contributed by atoms with Crippen molar-refractivity contribution in [1.82, 2.24) is 4.72 Å². The maximum Gasteiger partial charge on any atom is 0.248 e. The Morgan fingerprint density at radius 3 is 2.37 bits per heavy atom. The van der Waals surface area contributed by atoms with Gasteiger partial charge in [-0.1, -0.05) is 25.4 Å². The van der Waals surface area contributed by atoms with Gasteiger partial charge in [-0.05, 0) is 36.6 Å². The van der Waals surface area contributed by atoms with Gasteiger partial charge in [-0.15, -0.1) is 0 Å². The second-order valence-corrected chi connectivity index (χ2v) is 7.34. The minimum atomic E-state index is -3.46. The van der Waals surface area contributed by atoms with Gasteiger partial charge < -0.3 is 5.73 Å². The van der Waals surface area contributed by atoms with Gasteiger partial charge in [-0.3, -0.25) is 14.7 Å². The lowest BCUT2D eigenvalue weighted by molar-refractivity contribution is -0.120. The normalized spacial score (nSPS) is 14.2. The number of amides is 1. The Labute approximate surface area is 119 Å². The first kappa shape index (κ1) is 16.1. The van der Waals surface area contributed by atoms with Gasteiger partial charge in [-0.25, -0.2) is 4.21 Å². The molecule has 19 heavy (non-hydrogen) atoms. The molecule has 0 saturated carbocycles. The van der Waals surface area contributed by atoms with Crippen LogP contribution < -0.4 is 15.6 Å². The molecule has 5 nitrogen and oxygen atoms in total. The Morgan fingerprint density at radius 1 is 1.37 bits per heavy atom. The predicted molar refractivity (Wildman–Crippen MR) is 79.0 cm³/mol. The molecule has 0 aliphatic rings. The van der Waals surface area contributed by atoms with Crippen molar-refractivity contribution >= 4 is 27.8 Å². The molecule has 108 valence electrons. The largest absolute Gasteiger partial charge is 0.320 e. The first-order valence-corrected chi connectivity index (χ1v) is 8.10. The van der Waals surface area contributed by atoms with Crippen LogP contribution in [0.15, 0.2) is 29.2 Å². The van der Waals surface area contributed by atoms with Crippen LogP contribution in [-0.2, 0) is 15.1 Å². The summed E-state index contributed by atoms with van der Waals surface area (Å²) in [6.45, 7) is 3.91. The molecule has 1 aromatic rings. The molecule has 5 N–H and O–H groups in total. The maximum absolute atomic E-state index is 12.3.